The van der Waals surface area contributed by atoms with Gasteiger partial charge in [0.15, 0.2) is 0 Å². The molecular formula is C19H13N5OS2. The Kier molecular flexibility index (Phi) is 3.73. The van der Waals surface area contributed by atoms with E-state index in [0.717, 1.165) is 31.7 Å². The third-order valence-electron chi connectivity index (χ3n) is 4.36. The third kappa shape index (κ3) is 2.88. The number of benzene rings is 2. The van der Waals surface area contributed by atoms with Gasteiger partial charge in [0.1, 0.15) is 5.70 Å². The second kappa shape index (κ2) is 6.26. The number of hydrogen-bond donors (Lipinski definition) is 1. The maximum absolute atomic E-state index is 12.4. The molecule has 2 aromatic heterocycles. The number of carbonyl (C=O) groups excluding carboxylic acids is 1. The van der Waals surface area contributed by atoms with Gasteiger partial charge in [0.2, 0.25) is 5.96 Å². The van der Waals surface area contributed by atoms with Gasteiger partial charge in [-0.1, -0.05) is 6.07 Å². The number of hydrogen-bond acceptors (Lipinski definition) is 7. The van der Waals surface area contributed by atoms with Crippen molar-refractivity contribution in [3.63, 3.8) is 0 Å². The van der Waals surface area contributed by atoms with Crippen LogP contribution in [0.25, 0.3) is 26.5 Å². The number of fused-ring (bicyclic) bond motifs is 2. The summed E-state index contributed by atoms with van der Waals surface area (Å²) in [6.45, 7) is 0. The molecule has 0 saturated carbocycles. The van der Waals surface area contributed by atoms with Crippen LogP contribution in [0.15, 0.2) is 58.1 Å². The van der Waals surface area contributed by atoms with Crippen molar-refractivity contribution in [2.45, 2.75) is 0 Å². The fourth-order valence-corrected chi connectivity index (χ4v) is 4.34. The Morgan fingerprint density at radius 2 is 1.70 bits per heavy atom. The Balaban J connectivity index is 1.47. The van der Waals surface area contributed by atoms with Crippen molar-refractivity contribution in [1.82, 2.24) is 15.3 Å². The van der Waals surface area contributed by atoms with Crippen LogP contribution in [0, 0.1) is 0 Å². The molecule has 0 bridgehead atoms. The van der Waals surface area contributed by atoms with Crippen LogP contribution in [0.2, 0.25) is 0 Å². The first kappa shape index (κ1) is 16.1. The summed E-state index contributed by atoms with van der Waals surface area (Å²) in [5.41, 5.74) is 7.82. The SMILES string of the molecule is CN(C1=N/C(=C\c2ccc3ncsc3c2)C(=O)N1)c1ccc2ncsc2c1. The number of thiazole rings is 2. The molecule has 132 valence electrons. The topological polar surface area (TPSA) is 70.5 Å². The average Bonchev–Trinajstić information content (AvgIpc) is 3.40. The highest BCUT2D eigenvalue weighted by atomic mass is 32.1. The molecule has 1 N–H and O–H groups in total. The van der Waals surface area contributed by atoms with Crippen molar-refractivity contribution in [2.75, 3.05) is 11.9 Å². The van der Waals surface area contributed by atoms with Gasteiger partial charge in [-0.2, -0.15) is 0 Å². The fraction of sp³-hybridized carbons (Fsp3) is 0.0526. The Morgan fingerprint density at radius 3 is 2.48 bits per heavy atom. The molecule has 27 heavy (non-hydrogen) atoms. The highest BCUT2D eigenvalue weighted by Crippen LogP contribution is 2.25. The molecule has 0 radical (unpaired) electrons. The number of anilines is 1. The number of aliphatic imine (C=N–C) groups is 1. The summed E-state index contributed by atoms with van der Waals surface area (Å²) in [5.74, 6) is 0.300. The maximum Gasteiger partial charge on any atom is 0.276 e. The van der Waals surface area contributed by atoms with Crippen LogP contribution in [-0.2, 0) is 4.79 Å². The summed E-state index contributed by atoms with van der Waals surface area (Å²) < 4.78 is 2.18. The lowest BCUT2D eigenvalue weighted by atomic mass is 10.2. The molecule has 3 heterocycles. The number of aromatic nitrogens is 2. The quantitative estimate of drug-likeness (QED) is 0.527. The predicted molar refractivity (Wildman–Crippen MR) is 111 cm³/mol. The summed E-state index contributed by atoms with van der Waals surface area (Å²) in [5, 5.41) is 2.84. The summed E-state index contributed by atoms with van der Waals surface area (Å²) in [4.78, 5) is 27.3. The molecule has 0 spiro atoms. The molecule has 0 aliphatic carbocycles. The standard InChI is InChI=1S/C19H13N5OS2/c1-24(12-3-5-14-17(8-12)27-10-21-14)19-22-15(18(25)23-19)6-11-2-4-13-16(7-11)26-9-20-13/h2-10H,1H3,(H,22,23,25)/b15-6-. The summed E-state index contributed by atoms with van der Waals surface area (Å²) in [7, 11) is 1.88. The largest absolute Gasteiger partial charge is 0.315 e. The lowest BCUT2D eigenvalue weighted by Crippen LogP contribution is -2.37. The normalized spacial score (nSPS) is 15.5. The van der Waals surface area contributed by atoms with E-state index in [2.05, 4.69) is 20.3 Å². The van der Waals surface area contributed by atoms with E-state index >= 15 is 0 Å². The molecule has 0 fully saturated rings. The summed E-state index contributed by atoms with van der Waals surface area (Å²) in [6.07, 6.45) is 1.79. The Bertz CT molecular complexity index is 1250. The van der Waals surface area contributed by atoms with Gasteiger partial charge in [0, 0.05) is 12.7 Å². The van der Waals surface area contributed by atoms with E-state index in [-0.39, 0.29) is 5.91 Å². The van der Waals surface area contributed by atoms with E-state index in [4.69, 9.17) is 0 Å². The Morgan fingerprint density at radius 1 is 1.00 bits per heavy atom. The Hall–Kier alpha value is -3.10. The first-order valence-corrected chi connectivity index (χ1v) is 9.95. The van der Waals surface area contributed by atoms with Crippen LogP contribution in [0.1, 0.15) is 5.56 Å². The van der Waals surface area contributed by atoms with Crippen LogP contribution in [-0.4, -0.2) is 28.9 Å². The van der Waals surface area contributed by atoms with Gasteiger partial charge in [0.05, 0.1) is 31.5 Å². The Labute approximate surface area is 162 Å². The molecule has 6 nitrogen and oxygen atoms in total. The molecule has 1 amide bonds. The van der Waals surface area contributed by atoms with E-state index in [1.54, 1.807) is 28.7 Å². The molecule has 0 unspecified atom stereocenters. The zero-order valence-corrected chi connectivity index (χ0v) is 15.8. The van der Waals surface area contributed by atoms with Gasteiger partial charge in [-0.15, -0.1) is 22.7 Å². The molecule has 4 aromatic rings. The van der Waals surface area contributed by atoms with E-state index in [1.807, 2.05) is 59.4 Å². The van der Waals surface area contributed by atoms with Crippen molar-refractivity contribution in [3.05, 3.63) is 58.7 Å². The van der Waals surface area contributed by atoms with E-state index in [0.29, 0.717) is 11.7 Å². The van der Waals surface area contributed by atoms with Crippen molar-refractivity contribution in [1.29, 1.82) is 0 Å². The molecule has 0 saturated heterocycles. The number of guanidine groups is 1. The fourth-order valence-electron chi connectivity index (χ4n) is 2.91. The van der Waals surface area contributed by atoms with Crippen molar-refractivity contribution in [3.8, 4) is 0 Å². The van der Waals surface area contributed by atoms with Gasteiger partial charge in [0.25, 0.3) is 5.91 Å². The molecular weight excluding hydrogens is 378 g/mol. The zero-order valence-electron chi connectivity index (χ0n) is 14.2. The number of rotatable bonds is 2. The number of amides is 1. The lowest BCUT2D eigenvalue weighted by molar-refractivity contribution is -0.115. The number of nitrogens with zero attached hydrogens (tertiary/aromatic N) is 4. The highest BCUT2D eigenvalue weighted by molar-refractivity contribution is 7.17. The molecule has 8 heteroatoms. The van der Waals surface area contributed by atoms with Gasteiger partial charge >= 0.3 is 0 Å². The summed E-state index contributed by atoms with van der Waals surface area (Å²) >= 11 is 3.16. The molecule has 1 aliphatic rings. The molecule has 0 atom stereocenters. The van der Waals surface area contributed by atoms with Gasteiger partial charge in [-0.25, -0.2) is 15.0 Å². The smallest absolute Gasteiger partial charge is 0.276 e. The number of nitrogens with one attached hydrogen (secondary N) is 1. The zero-order chi connectivity index (χ0) is 18.4. The minimum absolute atomic E-state index is 0.208. The van der Waals surface area contributed by atoms with Gasteiger partial charge < -0.3 is 4.90 Å². The van der Waals surface area contributed by atoms with Crippen LogP contribution in [0.4, 0.5) is 5.69 Å². The van der Waals surface area contributed by atoms with Crippen LogP contribution >= 0.6 is 22.7 Å². The van der Waals surface area contributed by atoms with Crippen molar-refractivity contribution in [2.24, 2.45) is 4.99 Å². The van der Waals surface area contributed by atoms with E-state index in [1.165, 1.54) is 0 Å². The van der Waals surface area contributed by atoms with E-state index in [9.17, 15) is 4.79 Å². The van der Waals surface area contributed by atoms with E-state index < -0.39 is 0 Å². The molecule has 1 aliphatic heterocycles. The molecule has 2 aromatic carbocycles. The van der Waals surface area contributed by atoms with Crippen molar-refractivity contribution >= 4 is 66.7 Å². The minimum atomic E-state index is -0.208. The lowest BCUT2D eigenvalue weighted by Gasteiger charge is -2.18. The van der Waals surface area contributed by atoms with Crippen LogP contribution < -0.4 is 10.2 Å². The first-order valence-electron chi connectivity index (χ1n) is 8.19. The second-order valence-electron chi connectivity index (χ2n) is 6.06. The molecule has 5 rings (SSSR count). The summed E-state index contributed by atoms with van der Waals surface area (Å²) in [6, 6.07) is 11.9. The van der Waals surface area contributed by atoms with Crippen LogP contribution in [0.5, 0.6) is 0 Å². The predicted octanol–water partition coefficient (Wildman–Crippen LogP) is 3.87. The van der Waals surface area contributed by atoms with Crippen molar-refractivity contribution < 1.29 is 4.79 Å². The first-order chi connectivity index (χ1) is 13.2. The third-order valence-corrected chi connectivity index (χ3v) is 5.95. The second-order valence-corrected chi connectivity index (χ2v) is 7.83. The minimum Gasteiger partial charge on any atom is -0.315 e. The highest BCUT2D eigenvalue weighted by Gasteiger charge is 2.23. The maximum atomic E-state index is 12.4. The number of carbonyl (C=O) groups is 1. The van der Waals surface area contributed by atoms with Gasteiger partial charge in [-0.3, -0.25) is 10.1 Å². The van der Waals surface area contributed by atoms with Gasteiger partial charge in [-0.05, 0) is 42.0 Å². The monoisotopic (exact) mass is 391 g/mol. The average molecular weight is 391 g/mol. The van der Waals surface area contributed by atoms with Crippen LogP contribution in [0.3, 0.4) is 0 Å².